The number of carboxylic acid groups (broad SMARTS) is 1. The Hall–Kier alpha value is -5.65. The first kappa shape index (κ1) is 27.4. The molecule has 0 unspecified atom stereocenters. The van der Waals surface area contributed by atoms with Crippen LogP contribution in [-0.2, 0) is 16.1 Å². The predicted molar refractivity (Wildman–Crippen MR) is 145 cm³/mol. The number of esters is 2. The highest BCUT2D eigenvalue weighted by atomic mass is 16.6. The summed E-state index contributed by atoms with van der Waals surface area (Å²) in [6.07, 6.45) is -1.62. The van der Waals surface area contributed by atoms with E-state index in [0.29, 0.717) is 16.2 Å². The fraction of sp³-hybridized carbons (Fsp3) is 0.107. The van der Waals surface area contributed by atoms with E-state index in [4.69, 9.17) is 15.2 Å². The van der Waals surface area contributed by atoms with Crippen LogP contribution in [0.2, 0.25) is 0 Å². The predicted octanol–water partition coefficient (Wildman–Crippen LogP) is 3.30. The summed E-state index contributed by atoms with van der Waals surface area (Å²) in [6.45, 7) is 2.07. The Balaban J connectivity index is 2.01. The minimum Gasteiger partial charge on any atom is -0.464 e. The monoisotopic (exact) mass is 544 g/mol. The second-order valence-electron chi connectivity index (χ2n) is 8.50. The molecule has 0 fully saturated rings. The zero-order valence-corrected chi connectivity index (χ0v) is 21.4. The second kappa shape index (κ2) is 11.4. The van der Waals surface area contributed by atoms with E-state index >= 15 is 0 Å². The van der Waals surface area contributed by atoms with Gasteiger partial charge < -0.3 is 20.3 Å². The number of rotatable bonds is 7. The van der Waals surface area contributed by atoms with Crippen LogP contribution in [0.4, 0.5) is 22.0 Å². The molecular formula is C28H24N4O8. The highest BCUT2D eigenvalue weighted by Crippen LogP contribution is 2.36. The largest absolute Gasteiger partial charge is 0.464 e. The van der Waals surface area contributed by atoms with E-state index < -0.39 is 40.8 Å². The molecule has 0 spiro atoms. The smallest absolute Gasteiger partial charge is 0.416 e. The van der Waals surface area contributed by atoms with E-state index in [1.54, 1.807) is 60.7 Å². The van der Waals surface area contributed by atoms with Crippen molar-refractivity contribution >= 4 is 35.2 Å². The molecule has 0 aliphatic carbocycles. The summed E-state index contributed by atoms with van der Waals surface area (Å²) in [5.74, 6) is -2.34. The molecule has 204 valence electrons. The van der Waals surface area contributed by atoms with Gasteiger partial charge in [0.05, 0.1) is 17.9 Å². The Morgan fingerprint density at radius 2 is 1.43 bits per heavy atom. The van der Waals surface area contributed by atoms with Gasteiger partial charge in [-0.3, -0.25) is 19.0 Å². The van der Waals surface area contributed by atoms with Gasteiger partial charge in [-0.1, -0.05) is 48.5 Å². The van der Waals surface area contributed by atoms with Gasteiger partial charge in [0, 0.05) is 19.9 Å². The maximum Gasteiger partial charge on any atom is 0.416 e. The van der Waals surface area contributed by atoms with Crippen molar-refractivity contribution in [1.82, 2.24) is 9.13 Å². The molecule has 0 bridgehead atoms. The number of carbonyl (C=O) groups is 3. The molecule has 1 heterocycles. The van der Waals surface area contributed by atoms with Gasteiger partial charge in [-0.25, -0.2) is 19.1 Å². The molecule has 0 aliphatic heterocycles. The van der Waals surface area contributed by atoms with E-state index in [1.165, 1.54) is 12.1 Å². The zero-order chi connectivity index (χ0) is 29.0. The molecule has 1 amide bonds. The van der Waals surface area contributed by atoms with E-state index in [0.717, 1.165) is 29.0 Å². The van der Waals surface area contributed by atoms with Crippen LogP contribution in [0.25, 0.3) is 5.69 Å². The lowest BCUT2D eigenvalue weighted by Gasteiger charge is -2.24. The van der Waals surface area contributed by atoms with Crippen molar-refractivity contribution in [2.45, 2.75) is 20.4 Å². The van der Waals surface area contributed by atoms with Crippen molar-refractivity contribution in [2.75, 3.05) is 10.6 Å². The molecule has 0 saturated heterocycles. The summed E-state index contributed by atoms with van der Waals surface area (Å²) < 4.78 is 12.1. The van der Waals surface area contributed by atoms with Crippen LogP contribution in [0.15, 0.2) is 88.5 Å². The number of nitrogen functional groups attached to an aromatic ring is 1. The zero-order valence-electron chi connectivity index (χ0n) is 21.4. The molecule has 4 aromatic rings. The van der Waals surface area contributed by atoms with Crippen LogP contribution in [0.1, 0.15) is 19.4 Å². The summed E-state index contributed by atoms with van der Waals surface area (Å²) in [5.41, 5.74) is 4.80. The maximum atomic E-state index is 13.8. The number of hydrogen-bond acceptors (Lipinski definition) is 8. The first-order chi connectivity index (χ1) is 19.1. The lowest BCUT2D eigenvalue weighted by molar-refractivity contribution is -0.134. The SMILES string of the molecule is CC(=O)Oc1ccc(N(C(=O)O)c2c(N)n(-c3ccccc3)c(=O)n(Cc3ccccc3)c2=O)cc1OC(C)=O. The average molecular weight is 545 g/mol. The van der Waals surface area contributed by atoms with Crippen LogP contribution >= 0.6 is 0 Å². The number of nitrogens with two attached hydrogens (primary N) is 1. The number of ether oxygens (including phenoxy) is 2. The van der Waals surface area contributed by atoms with Crippen molar-refractivity contribution in [2.24, 2.45) is 0 Å². The molecule has 40 heavy (non-hydrogen) atoms. The second-order valence-corrected chi connectivity index (χ2v) is 8.50. The number of carbonyl (C=O) groups excluding carboxylic acids is 2. The van der Waals surface area contributed by atoms with Gasteiger partial charge in [0.2, 0.25) is 0 Å². The topological polar surface area (TPSA) is 163 Å². The third-order valence-corrected chi connectivity index (χ3v) is 5.66. The number of nitrogens with zero attached hydrogens (tertiary/aromatic N) is 3. The number of benzene rings is 3. The van der Waals surface area contributed by atoms with Gasteiger partial charge in [0.1, 0.15) is 5.82 Å². The van der Waals surface area contributed by atoms with Gasteiger partial charge in [-0.05, 0) is 29.8 Å². The molecule has 3 N–H and O–H groups in total. The minimum absolute atomic E-state index is 0.152. The first-order valence-electron chi connectivity index (χ1n) is 11.9. The van der Waals surface area contributed by atoms with Crippen LogP contribution in [0.5, 0.6) is 11.5 Å². The molecule has 4 rings (SSSR count). The van der Waals surface area contributed by atoms with Crippen LogP contribution in [0, 0.1) is 0 Å². The van der Waals surface area contributed by atoms with Crippen LogP contribution in [-0.4, -0.2) is 32.3 Å². The fourth-order valence-electron chi connectivity index (χ4n) is 4.04. The van der Waals surface area contributed by atoms with E-state index in [9.17, 15) is 29.1 Å². The molecule has 12 heteroatoms. The normalized spacial score (nSPS) is 10.6. The fourth-order valence-corrected chi connectivity index (χ4v) is 4.04. The summed E-state index contributed by atoms with van der Waals surface area (Å²) in [6, 6.07) is 20.4. The van der Waals surface area contributed by atoms with E-state index in [2.05, 4.69) is 0 Å². The molecular weight excluding hydrogens is 520 g/mol. The summed E-state index contributed by atoms with van der Waals surface area (Å²) >= 11 is 0. The summed E-state index contributed by atoms with van der Waals surface area (Å²) in [5, 5.41) is 10.3. The summed E-state index contributed by atoms with van der Waals surface area (Å²) in [4.78, 5) is 63.8. The quantitative estimate of drug-likeness (QED) is 0.262. The Kier molecular flexibility index (Phi) is 7.80. The molecule has 0 atom stereocenters. The average Bonchev–Trinajstić information content (AvgIpc) is 2.90. The van der Waals surface area contributed by atoms with Gasteiger partial charge >= 0.3 is 23.7 Å². The third kappa shape index (κ3) is 5.60. The Labute approximate surface area is 227 Å². The standard InChI is InChI=1S/C28H24N4O8/c1-17(33)39-22-14-13-21(15-23(22)40-18(2)34)31(28(37)38)24-25(29)32(20-11-7-4-8-12-20)27(36)30(26(24)35)16-19-9-5-3-6-10-19/h3-15H,16,29H2,1-2H3,(H,37,38). The van der Waals surface area contributed by atoms with E-state index in [1.807, 2.05) is 0 Å². The van der Waals surface area contributed by atoms with Crippen molar-refractivity contribution < 1.29 is 29.0 Å². The number of hydrogen-bond donors (Lipinski definition) is 2. The molecule has 12 nitrogen and oxygen atoms in total. The Bertz CT molecular complexity index is 1710. The number of aromatic nitrogens is 2. The molecule has 1 aromatic heterocycles. The Morgan fingerprint density at radius 1 is 0.850 bits per heavy atom. The lowest BCUT2D eigenvalue weighted by atomic mass is 10.2. The van der Waals surface area contributed by atoms with Crippen molar-refractivity contribution in [3.05, 3.63) is 105 Å². The first-order valence-corrected chi connectivity index (χ1v) is 11.9. The summed E-state index contributed by atoms with van der Waals surface area (Å²) in [7, 11) is 0. The number of amides is 1. The lowest BCUT2D eigenvalue weighted by Crippen LogP contribution is -2.44. The van der Waals surface area contributed by atoms with Gasteiger partial charge in [0.25, 0.3) is 5.56 Å². The number of anilines is 3. The van der Waals surface area contributed by atoms with Crippen molar-refractivity contribution in [3.63, 3.8) is 0 Å². The number of para-hydroxylation sites is 1. The highest BCUT2D eigenvalue weighted by molar-refractivity contribution is 5.98. The molecule has 0 saturated carbocycles. The molecule has 3 aromatic carbocycles. The van der Waals surface area contributed by atoms with Gasteiger partial charge in [0.15, 0.2) is 17.2 Å². The maximum absolute atomic E-state index is 13.8. The van der Waals surface area contributed by atoms with Gasteiger partial charge in [-0.2, -0.15) is 0 Å². The molecule has 0 aliphatic rings. The van der Waals surface area contributed by atoms with Crippen molar-refractivity contribution in [1.29, 1.82) is 0 Å². The van der Waals surface area contributed by atoms with Crippen LogP contribution in [0.3, 0.4) is 0 Å². The highest BCUT2D eigenvalue weighted by Gasteiger charge is 2.29. The van der Waals surface area contributed by atoms with Gasteiger partial charge in [-0.15, -0.1) is 0 Å². The van der Waals surface area contributed by atoms with Crippen molar-refractivity contribution in [3.8, 4) is 17.2 Å². The van der Waals surface area contributed by atoms with Crippen LogP contribution < -0.4 is 31.4 Å². The third-order valence-electron chi connectivity index (χ3n) is 5.66. The Morgan fingerprint density at radius 3 is 2.00 bits per heavy atom. The van der Waals surface area contributed by atoms with E-state index in [-0.39, 0.29) is 23.7 Å². The minimum atomic E-state index is -1.62. The molecule has 0 radical (unpaired) electrons.